The Hall–Kier alpha value is -0.935. The van der Waals surface area contributed by atoms with Gasteiger partial charge in [0.1, 0.15) is 5.82 Å². The molecule has 0 fully saturated rings. The molecule has 0 saturated carbocycles. The van der Waals surface area contributed by atoms with E-state index in [9.17, 15) is 4.39 Å². The average molecular weight is 141 g/mol. The van der Waals surface area contributed by atoms with Crippen LogP contribution in [0.1, 0.15) is 0 Å². The van der Waals surface area contributed by atoms with Crippen molar-refractivity contribution in [3.63, 3.8) is 0 Å². The zero-order chi connectivity index (χ0) is 7.56. The topological polar surface area (TPSA) is 53.4 Å². The minimum absolute atomic E-state index is 0.206. The number of hydrogen-bond donors (Lipinski definition) is 2. The average Bonchev–Trinajstić information content (AvgIpc) is 1.88. The predicted octanol–water partition coefficient (Wildman–Crippen LogP) is -1.10. The summed E-state index contributed by atoms with van der Waals surface area (Å²) in [5.74, 6) is -0.662. The van der Waals surface area contributed by atoms with Crippen LogP contribution in [-0.4, -0.2) is 22.2 Å². The van der Waals surface area contributed by atoms with Crippen molar-refractivity contribution in [1.29, 1.82) is 0 Å². The zero-order valence-corrected chi connectivity index (χ0v) is 5.03. The number of pyridine rings is 1. The third-order valence-corrected chi connectivity index (χ3v) is 1.07. The minimum Gasteiger partial charge on any atom is -0.423 e. The van der Waals surface area contributed by atoms with Crippen molar-refractivity contribution in [1.82, 2.24) is 4.98 Å². The lowest BCUT2D eigenvalue weighted by molar-refractivity contribution is 0.423. The van der Waals surface area contributed by atoms with Crippen molar-refractivity contribution < 1.29 is 14.4 Å². The maximum atomic E-state index is 12.5. The zero-order valence-electron chi connectivity index (χ0n) is 5.03. The molecular formula is C5H5BFNO2. The Morgan fingerprint density at radius 2 is 2.20 bits per heavy atom. The number of aromatic nitrogens is 1. The summed E-state index contributed by atoms with van der Waals surface area (Å²) < 4.78 is 12.5. The first-order valence-corrected chi connectivity index (χ1v) is 2.67. The molecule has 0 amide bonds. The highest BCUT2D eigenvalue weighted by Gasteiger charge is 2.15. The van der Waals surface area contributed by atoms with Crippen LogP contribution in [0.5, 0.6) is 0 Å². The van der Waals surface area contributed by atoms with Crippen molar-refractivity contribution in [3.8, 4) is 0 Å². The fraction of sp³-hybridized carbons (Fsp3) is 0. The van der Waals surface area contributed by atoms with E-state index in [4.69, 9.17) is 10.0 Å². The van der Waals surface area contributed by atoms with Gasteiger partial charge in [-0.15, -0.1) is 0 Å². The molecule has 0 saturated heterocycles. The Balaban J connectivity index is 3.03. The smallest absolute Gasteiger partial charge is 0.423 e. The van der Waals surface area contributed by atoms with E-state index >= 15 is 0 Å². The van der Waals surface area contributed by atoms with Crippen molar-refractivity contribution in [2.75, 3.05) is 0 Å². The van der Waals surface area contributed by atoms with Gasteiger partial charge >= 0.3 is 7.12 Å². The van der Waals surface area contributed by atoms with E-state index in [1.54, 1.807) is 0 Å². The van der Waals surface area contributed by atoms with Crippen LogP contribution < -0.4 is 5.46 Å². The van der Waals surface area contributed by atoms with Crippen molar-refractivity contribution in [2.24, 2.45) is 0 Å². The monoisotopic (exact) mass is 141 g/mol. The van der Waals surface area contributed by atoms with Crippen LogP contribution in [0.25, 0.3) is 0 Å². The number of nitrogens with zero attached hydrogens (tertiary/aromatic N) is 1. The highest BCUT2D eigenvalue weighted by atomic mass is 19.1. The normalized spacial score (nSPS) is 9.50. The molecule has 5 heteroatoms. The molecule has 1 rings (SSSR count). The second-order valence-electron chi connectivity index (χ2n) is 1.77. The third kappa shape index (κ3) is 1.31. The fourth-order valence-electron chi connectivity index (χ4n) is 0.580. The van der Waals surface area contributed by atoms with Crippen LogP contribution in [0.2, 0.25) is 0 Å². The molecule has 0 spiro atoms. The van der Waals surface area contributed by atoms with Crippen LogP contribution in [0.15, 0.2) is 18.5 Å². The molecule has 0 aromatic carbocycles. The molecule has 1 aromatic heterocycles. The standard InChI is InChI=1S/C5H5BFNO2/c7-5-1-2-8-3-4(5)6(9)10/h1-3,9-10H. The van der Waals surface area contributed by atoms with Gasteiger partial charge in [0, 0.05) is 17.9 Å². The molecule has 0 radical (unpaired) electrons. The minimum atomic E-state index is -1.78. The van der Waals surface area contributed by atoms with E-state index in [1.807, 2.05) is 0 Å². The van der Waals surface area contributed by atoms with E-state index in [0.29, 0.717) is 0 Å². The number of hydrogen-bond acceptors (Lipinski definition) is 3. The summed E-state index contributed by atoms with van der Waals surface area (Å²) in [4.78, 5) is 3.51. The fourth-order valence-corrected chi connectivity index (χ4v) is 0.580. The Labute approximate surface area is 57.3 Å². The van der Waals surface area contributed by atoms with Crippen LogP contribution in [0.3, 0.4) is 0 Å². The lowest BCUT2D eigenvalue weighted by Gasteiger charge is -1.97. The summed E-state index contributed by atoms with van der Waals surface area (Å²) in [6, 6.07) is 1.06. The lowest BCUT2D eigenvalue weighted by Crippen LogP contribution is -2.32. The van der Waals surface area contributed by atoms with E-state index < -0.39 is 12.9 Å². The van der Waals surface area contributed by atoms with E-state index in [-0.39, 0.29) is 5.46 Å². The van der Waals surface area contributed by atoms with E-state index in [0.717, 1.165) is 12.3 Å². The largest absolute Gasteiger partial charge is 0.493 e. The third-order valence-electron chi connectivity index (χ3n) is 1.07. The van der Waals surface area contributed by atoms with E-state index in [2.05, 4.69) is 4.98 Å². The maximum Gasteiger partial charge on any atom is 0.493 e. The van der Waals surface area contributed by atoms with Gasteiger partial charge in [0.15, 0.2) is 0 Å². The maximum absolute atomic E-state index is 12.5. The Kier molecular flexibility index (Phi) is 1.98. The van der Waals surface area contributed by atoms with Gasteiger partial charge in [-0.25, -0.2) is 4.39 Å². The SMILES string of the molecule is OB(O)c1cnccc1F. The summed E-state index contributed by atoms with van der Waals surface area (Å²) in [5.41, 5.74) is -0.206. The Morgan fingerprint density at radius 3 is 2.60 bits per heavy atom. The summed E-state index contributed by atoms with van der Waals surface area (Å²) in [5, 5.41) is 17.0. The molecule has 0 aliphatic rings. The molecule has 10 heavy (non-hydrogen) atoms. The molecule has 0 aliphatic heterocycles. The second kappa shape index (κ2) is 2.77. The van der Waals surface area contributed by atoms with Gasteiger partial charge in [-0.2, -0.15) is 0 Å². The van der Waals surface area contributed by atoms with Gasteiger partial charge in [-0.3, -0.25) is 4.98 Å². The highest BCUT2D eigenvalue weighted by Crippen LogP contribution is 1.89. The molecular weight excluding hydrogens is 136 g/mol. The van der Waals surface area contributed by atoms with Crippen molar-refractivity contribution in [2.45, 2.75) is 0 Å². The second-order valence-corrected chi connectivity index (χ2v) is 1.77. The molecule has 0 unspecified atom stereocenters. The van der Waals surface area contributed by atoms with E-state index in [1.165, 1.54) is 6.20 Å². The molecule has 52 valence electrons. The first kappa shape index (κ1) is 7.18. The van der Waals surface area contributed by atoms with Crippen LogP contribution in [-0.2, 0) is 0 Å². The molecule has 1 heterocycles. The summed E-state index contributed by atoms with van der Waals surface area (Å²) in [7, 11) is -1.78. The molecule has 0 aliphatic carbocycles. The van der Waals surface area contributed by atoms with Crippen LogP contribution >= 0.6 is 0 Å². The highest BCUT2D eigenvalue weighted by molar-refractivity contribution is 6.58. The van der Waals surface area contributed by atoms with Gasteiger partial charge in [-0.05, 0) is 6.07 Å². The van der Waals surface area contributed by atoms with Gasteiger partial charge in [0.05, 0.1) is 0 Å². The summed E-state index contributed by atoms with van der Waals surface area (Å²) >= 11 is 0. The number of halogens is 1. The first-order chi connectivity index (χ1) is 4.72. The molecule has 2 N–H and O–H groups in total. The summed E-state index contributed by atoms with van der Waals surface area (Å²) in [6.45, 7) is 0. The number of rotatable bonds is 1. The quantitative estimate of drug-likeness (QED) is 0.488. The first-order valence-electron chi connectivity index (χ1n) is 2.67. The molecule has 1 aromatic rings. The van der Waals surface area contributed by atoms with Gasteiger partial charge < -0.3 is 10.0 Å². The molecule has 0 atom stereocenters. The van der Waals surface area contributed by atoms with Gasteiger partial charge in [0.2, 0.25) is 0 Å². The lowest BCUT2D eigenvalue weighted by atomic mass is 9.81. The Morgan fingerprint density at radius 1 is 1.50 bits per heavy atom. The summed E-state index contributed by atoms with van der Waals surface area (Å²) in [6.07, 6.45) is 2.31. The van der Waals surface area contributed by atoms with Gasteiger partial charge in [0.25, 0.3) is 0 Å². The van der Waals surface area contributed by atoms with Gasteiger partial charge in [-0.1, -0.05) is 0 Å². The van der Waals surface area contributed by atoms with Crippen molar-refractivity contribution >= 4 is 12.6 Å². The predicted molar refractivity (Wildman–Crippen MR) is 34.0 cm³/mol. The van der Waals surface area contributed by atoms with Crippen molar-refractivity contribution in [3.05, 3.63) is 24.3 Å². The Bertz CT molecular complexity index is 231. The molecule has 0 bridgehead atoms. The molecule has 3 nitrogen and oxygen atoms in total. The van der Waals surface area contributed by atoms with Crippen LogP contribution in [0, 0.1) is 5.82 Å². The van der Waals surface area contributed by atoms with Crippen LogP contribution in [0.4, 0.5) is 4.39 Å².